The number of nitrogens with zero attached hydrogens (tertiary/aromatic N) is 1. The average molecular weight is 323 g/mol. The van der Waals surface area contributed by atoms with Crippen LogP contribution in [0.25, 0.3) is 0 Å². The summed E-state index contributed by atoms with van der Waals surface area (Å²) in [6.45, 7) is 0. The number of carboxylic acids is 1. The summed E-state index contributed by atoms with van der Waals surface area (Å²) in [5.74, 6) is -2.72. The molecule has 6 heteroatoms. The van der Waals surface area contributed by atoms with Crippen molar-refractivity contribution in [2.75, 3.05) is 4.90 Å². The Morgan fingerprint density at radius 3 is 2.08 bits per heavy atom. The van der Waals surface area contributed by atoms with Crippen molar-refractivity contribution in [3.05, 3.63) is 65.2 Å². The second-order valence-corrected chi connectivity index (χ2v) is 5.32. The van der Waals surface area contributed by atoms with E-state index >= 15 is 0 Å². The molecule has 1 N–H and O–H groups in total. The third kappa shape index (κ3) is 2.58. The smallest absolute Gasteiger partial charge is 0.336 e. The fraction of sp³-hybridized carbons (Fsp3) is 0.111. The fourth-order valence-corrected chi connectivity index (χ4v) is 2.72. The number of rotatable bonds is 4. The van der Waals surface area contributed by atoms with Crippen LogP contribution in [0, 0.1) is 0 Å². The van der Waals surface area contributed by atoms with Gasteiger partial charge in [0.1, 0.15) is 0 Å². The van der Waals surface area contributed by atoms with Crippen LogP contribution in [0.1, 0.15) is 39.1 Å². The van der Waals surface area contributed by atoms with Gasteiger partial charge in [0.15, 0.2) is 5.78 Å². The Labute approximate surface area is 137 Å². The molecular formula is C18H13NO5. The second kappa shape index (κ2) is 6.08. The number of hydrogen-bond acceptors (Lipinski definition) is 4. The highest BCUT2D eigenvalue weighted by Gasteiger charge is 2.34. The summed E-state index contributed by atoms with van der Waals surface area (Å²) in [6, 6.07) is 12.3. The first kappa shape index (κ1) is 15.6. The predicted octanol–water partition coefficient (Wildman–Crippen LogP) is 2.27. The molecule has 1 fully saturated rings. The molecule has 0 spiro atoms. The Kier molecular flexibility index (Phi) is 3.95. The molecule has 0 aliphatic carbocycles. The standard InChI is InChI=1S/C18H13NO5/c20-14-9-10-15(21)19(14)13-8-4-7-12(18(23)24)16(13)17(22)11-5-2-1-3-6-11/h1-8H,9-10H2,(H,23,24). The lowest BCUT2D eigenvalue weighted by molar-refractivity contribution is -0.121. The van der Waals surface area contributed by atoms with Crippen molar-refractivity contribution in [2.45, 2.75) is 12.8 Å². The van der Waals surface area contributed by atoms with Gasteiger partial charge in [-0.05, 0) is 12.1 Å². The van der Waals surface area contributed by atoms with Gasteiger partial charge in [0.05, 0.1) is 16.8 Å². The van der Waals surface area contributed by atoms with E-state index in [9.17, 15) is 24.3 Å². The van der Waals surface area contributed by atoms with Gasteiger partial charge >= 0.3 is 5.97 Å². The lowest BCUT2D eigenvalue weighted by atomic mass is 9.96. The van der Waals surface area contributed by atoms with E-state index in [4.69, 9.17) is 0 Å². The van der Waals surface area contributed by atoms with Crippen LogP contribution in [0.3, 0.4) is 0 Å². The molecule has 1 aliphatic rings. The van der Waals surface area contributed by atoms with Gasteiger partial charge in [-0.1, -0.05) is 36.4 Å². The monoisotopic (exact) mass is 323 g/mol. The van der Waals surface area contributed by atoms with E-state index in [1.807, 2.05) is 0 Å². The van der Waals surface area contributed by atoms with E-state index in [0.29, 0.717) is 0 Å². The summed E-state index contributed by atoms with van der Waals surface area (Å²) < 4.78 is 0. The van der Waals surface area contributed by atoms with Gasteiger partial charge in [-0.3, -0.25) is 14.4 Å². The zero-order valence-corrected chi connectivity index (χ0v) is 12.6. The summed E-state index contributed by atoms with van der Waals surface area (Å²) in [4.78, 5) is 49.4. The van der Waals surface area contributed by atoms with Gasteiger partial charge in [-0.15, -0.1) is 0 Å². The van der Waals surface area contributed by atoms with Crippen molar-refractivity contribution in [3.8, 4) is 0 Å². The Bertz CT molecular complexity index is 841. The molecule has 1 saturated heterocycles. The van der Waals surface area contributed by atoms with Crippen LogP contribution in [0.4, 0.5) is 5.69 Å². The molecular weight excluding hydrogens is 310 g/mol. The molecule has 1 heterocycles. The highest BCUT2D eigenvalue weighted by Crippen LogP contribution is 2.30. The van der Waals surface area contributed by atoms with Gasteiger partial charge < -0.3 is 5.11 Å². The molecule has 0 aromatic heterocycles. The Morgan fingerprint density at radius 1 is 0.875 bits per heavy atom. The molecule has 120 valence electrons. The molecule has 1 aliphatic heterocycles. The predicted molar refractivity (Wildman–Crippen MR) is 85.0 cm³/mol. The SMILES string of the molecule is O=C(O)c1cccc(N2C(=O)CCC2=O)c1C(=O)c1ccccc1. The van der Waals surface area contributed by atoms with Gasteiger partial charge in [0.2, 0.25) is 11.8 Å². The molecule has 0 saturated carbocycles. The lowest BCUT2D eigenvalue weighted by Crippen LogP contribution is -2.31. The van der Waals surface area contributed by atoms with Crippen LogP contribution >= 0.6 is 0 Å². The fourth-order valence-electron chi connectivity index (χ4n) is 2.72. The summed E-state index contributed by atoms with van der Waals surface area (Å²) in [5.41, 5.74) is -0.0866. The molecule has 2 aromatic rings. The maximum Gasteiger partial charge on any atom is 0.336 e. The summed E-state index contributed by atoms with van der Waals surface area (Å²) >= 11 is 0. The van der Waals surface area contributed by atoms with Crippen LogP contribution in [0.15, 0.2) is 48.5 Å². The van der Waals surface area contributed by atoms with Crippen LogP contribution in [-0.2, 0) is 9.59 Å². The molecule has 0 radical (unpaired) electrons. The van der Waals surface area contributed by atoms with Crippen LogP contribution in [0.5, 0.6) is 0 Å². The number of carbonyl (C=O) groups excluding carboxylic acids is 3. The first-order chi connectivity index (χ1) is 11.5. The lowest BCUT2D eigenvalue weighted by Gasteiger charge is -2.19. The number of carbonyl (C=O) groups is 4. The Hall–Kier alpha value is -3.28. The summed E-state index contributed by atoms with van der Waals surface area (Å²) in [7, 11) is 0. The molecule has 0 bridgehead atoms. The van der Waals surface area contributed by atoms with E-state index in [2.05, 4.69) is 0 Å². The first-order valence-corrected chi connectivity index (χ1v) is 7.32. The number of ketones is 1. The van der Waals surface area contributed by atoms with E-state index in [-0.39, 0.29) is 35.2 Å². The zero-order chi connectivity index (χ0) is 17.3. The maximum atomic E-state index is 12.8. The largest absolute Gasteiger partial charge is 0.478 e. The van der Waals surface area contributed by atoms with E-state index < -0.39 is 23.6 Å². The summed E-state index contributed by atoms with van der Waals surface area (Å²) in [5, 5.41) is 9.42. The number of imide groups is 1. The van der Waals surface area contributed by atoms with Crippen molar-refractivity contribution in [1.82, 2.24) is 0 Å². The quantitative estimate of drug-likeness (QED) is 0.688. The number of benzene rings is 2. The third-order valence-corrected chi connectivity index (χ3v) is 3.83. The molecule has 0 atom stereocenters. The van der Waals surface area contributed by atoms with Gasteiger partial charge in [0.25, 0.3) is 0 Å². The zero-order valence-electron chi connectivity index (χ0n) is 12.6. The van der Waals surface area contributed by atoms with Crippen molar-refractivity contribution >= 4 is 29.3 Å². The molecule has 2 aromatic carbocycles. The number of amides is 2. The molecule has 3 rings (SSSR count). The summed E-state index contributed by atoms with van der Waals surface area (Å²) in [6.07, 6.45) is 0.101. The Balaban J connectivity index is 2.22. The molecule has 6 nitrogen and oxygen atoms in total. The van der Waals surface area contributed by atoms with E-state index in [1.165, 1.54) is 18.2 Å². The van der Waals surface area contributed by atoms with Crippen molar-refractivity contribution in [2.24, 2.45) is 0 Å². The van der Waals surface area contributed by atoms with E-state index in [1.54, 1.807) is 30.3 Å². The third-order valence-electron chi connectivity index (χ3n) is 3.83. The van der Waals surface area contributed by atoms with Gasteiger partial charge in [0, 0.05) is 18.4 Å². The normalized spacial score (nSPS) is 14.1. The average Bonchev–Trinajstić information content (AvgIpc) is 2.92. The van der Waals surface area contributed by atoms with E-state index in [0.717, 1.165) is 4.90 Å². The number of hydrogen-bond donors (Lipinski definition) is 1. The number of carboxylic acid groups (broad SMARTS) is 1. The van der Waals surface area contributed by atoms with Crippen molar-refractivity contribution < 1.29 is 24.3 Å². The van der Waals surface area contributed by atoms with Crippen LogP contribution in [-0.4, -0.2) is 28.7 Å². The minimum Gasteiger partial charge on any atom is -0.478 e. The molecule has 2 amide bonds. The van der Waals surface area contributed by atoms with Gasteiger partial charge in [-0.25, -0.2) is 9.69 Å². The van der Waals surface area contributed by atoms with Crippen molar-refractivity contribution in [1.29, 1.82) is 0 Å². The first-order valence-electron chi connectivity index (χ1n) is 7.32. The van der Waals surface area contributed by atoms with Crippen LogP contribution in [0.2, 0.25) is 0 Å². The number of aromatic carboxylic acids is 1. The Morgan fingerprint density at radius 2 is 1.50 bits per heavy atom. The van der Waals surface area contributed by atoms with Crippen molar-refractivity contribution in [3.63, 3.8) is 0 Å². The topological polar surface area (TPSA) is 91.8 Å². The number of anilines is 1. The molecule has 0 unspecified atom stereocenters. The highest BCUT2D eigenvalue weighted by molar-refractivity contribution is 6.25. The van der Waals surface area contributed by atoms with Crippen LogP contribution < -0.4 is 4.90 Å². The highest BCUT2D eigenvalue weighted by atomic mass is 16.4. The minimum atomic E-state index is -1.30. The minimum absolute atomic E-state index is 0.0243. The maximum absolute atomic E-state index is 12.8. The van der Waals surface area contributed by atoms with Gasteiger partial charge in [-0.2, -0.15) is 0 Å². The second-order valence-electron chi connectivity index (χ2n) is 5.32. The molecule has 24 heavy (non-hydrogen) atoms.